The molecule has 0 saturated carbocycles. The second-order valence-electron chi connectivity index (χ2n) is 12.0. The van der Waals surface area contributed by atoms with E-state index >= 15 is 0 Å². The van der Waals surface area contributed by atoms with Gasteiger partial charge >= 0.3 is 6.03 Å². The van der Waals surface area contributed by atoms with E-state index in [1.165, 1.54) is 6.92 Å². The third kappa shape index (κ3) is 7.74. The lowest BCUT2D eigenvalue weighted by Crippen LogP contribution is -2.49. The molecule has 0 radical (unpaired) electrons. The number of urea groups is 1. The molecule has 1 atom stereocenters. The van der Waals surface area contributed by atoms with Crippen LogP contribution < -0.4 is 16.0 Å². The number of benzene rings is 2. The summed E-state index contributed by atoms with van der Waals surface area (Å²) >= 11 is 0. The number of rotatable bonds is 7. The van der Waals surface area contributed by atoms with E-state index in [-0.39, 0.29) is 23.3 Å². The van der Waals surface area contributed by atoms with Crippen LogP contribution in [0.15, 0.2) is 54.6 Å². The number of carbonyl (C=O) groups excluding carboxylic acids is 3. The van der Waals surface area contributed by atoms with Crippen LogP contribution >= 0.6 is 0 Å². The fourth-order valence-electron chi connectivity index (χ4n) is 5.12. The summed E-state index contributed by atoms with van der Waals surface area (Å²) in [6.45, 7) is 12.8. The zero-order valence-electron chi connectivity index (χ0n) is 25.0. The standard InChI is InChI=1S/C32H42N6O3/c1-21-11-13-26(14-12-21)38-29(20-28(36-38)32(4,5)6)35-31(41)34-27-10-8-7-9-25(27)19-24-15-17-37(18-16-24)30(40)22(2)33-23(3)39/h7-14,20,22,24H,15-19H2,1-6H3,(H,33,39)(H2,34,35,41). The zero-order chi connectivity index (χ0) is 29.7. The molecule has 9 nitrogen and oxygen atoms in total. The van der Waals surface area contributed by atoms with Crippen LogP contribution in [0.2, 0.25) is 0 Å². The van der Waals surface area contributed by atoms with Gasteiger partial charge in [-0.15, -0.1) is 0 Å². The normalized spacial score (nSPS) is 14.8. The van der Waals surface area contributed by atoms with Crippen LogP contribution in [0, 0.1) is 12.8 Å². The van der Waals surface area contributed by atoms with Crippen molar-refractivity contribution in [2.45, 2.75) is 72.3 Å². The molecular formula is C32H42N6O3. The Hall–Kier alpha value is -4.14. The molecule has 1 aliphatic rings. The van der Waals surface area contributed by atoms with Crippen molar-refractivity contribution in [3.63, 3.8) is 0 Å². The summed E-state index contributed by atoms with van der Waals surface area (Å²) in [4.78, 5) is 39.1. The van der Waals surface area contributed by atoms with Gasteiger partial charge in [-0.05, 0) is 62.8 Å². The van der Waals surface area contributed by atoms with Crippen LogP contribution in [0.1, 0.15) is 64.3 Å². The van der Waals surface area contributed by atoms with Crippen molar-refractivity contribution in [3.8, 4) is 5.69 Å². The van der Waals surface area contributed by atoms with Gasteiger partial charge in [-0.2, -0.15) is 5.10 Å². The van der Waals surface area contributed by atoms with Gasteiger partial charge in [0.05, 0.1) is 11.4 Å². The molecule has 3 aromatic rings. The third-order valence-electron chi connectivity index (χ3n) is 7.49. The van der Waals surface area contributed by atoms with E-state index in [9.17, 15) is 14.4 Å². The Balaban J connectivity index is 1.42. The third-order valence-corrected chi connectivity index (χ3v) is 7.49. The van der Waals surface area contributed by atoms with Crippen LogP contribution in [0.3, 0.4) is 0 Å². The lowest BCUT2D eigenvalue weighted by atomic mass is 9.89. The molecule has 1 unspecified atom stereocenters. The average molecular weight is 559 g/mol. The maximum atomic E-state index is 13.2. The highest BCUT2D eigenvalue weighted by Crippen LogP contribution is 2.28. The molecule has 1 aliphatic heterocycles. The SMILES string of the molecule is CC(=O)NC(C)C(=O)N1CCC(Cc2ccccc2NC(=O)Nc2cc(C(C)(C)C)nn2-c2ccc(C)cc2)CC1. The van der Waals surface area contributed by atoms with Crippen molar-refractivity contribution in [1.29, 1.82) is 0 Å². The Morgan fingerprint density at radius 1 is 1.00 bits per heavy atom. The molecule has 41 heavy (non-hydrogen) atoms. The first kappa shape index (κ1) is 29.8. The number of hydrogen-bond acceptors (Lipinski definition) is 4. The van der Waals surface area contributed by atoms with Gasteiger partial charge in [-0.25, -0.2) is 9.48 Å². The first-order valence-corrected chi connectivity index (χ1v) is 14.3. The summed E-state index contributed by atoms with van der Waals surface area (Å²) in [5.41, 5.74) is 4.54. The van der Waals surface area contributed by atoms with Gasteiger partial charge < -0.3 is 15.5 Å². The highest BCUT2D eigenvalue weighted by molar-refractivity contribution is 6.00. The minimum Gasteiger partial charge on any atom is -0.345 e. The fourth-order valence-corrected chi connectivity index (χ4v) is 5.12. The summed E-state index contributed by atoms with van der Waals surface area (Å²) in [7, 11) is 0. The largest absolute Gasteiger partial charge is 0.345 e. The topological polar surface area (TPSA) is 108 Å². The van der Waals surface area contributed by atoms with Crippen LogP contribution in [0.4, 0.5) is 16.3 Å². The highest BCUT2D eigenvalue weighted by atomic mass is 16.2. The Labute approximate surface area is 242 Å². The maximum absolute atomic E-state index is 13.2. The van der Waals surface area contributed by atoms with E-state index in [2.05, 4.69) is 36.7 Å². The van der Waals surface area contributed by atoms with Gasteiger partial charge in [0.15, 0.2) is 0 Å². The zero-order valence-corrected chi connectivity index (χ0v) is 25.0. The number of amides is 4. The highest BCUT2D eigenvalue weighted by Gasteiger charge is 2.27. The summed E-state index contributed by atoms with van der Waals surface area (Å²) < 4.78 is 1.77. The van der Waals surface area contributed by atoms with E-state index < -0.39 is 6.04 Å². The Bertz CT molecular complexity index is 1380. The Kier molecular flexibility index (Phi) is 9.15. The van der Waals surface area contributed by atoms with E-state index in [1.807, 2.05) is 66.4 Å². The number of nitrogens with zero attached hydrogens (tertiary/aromatic N) is 3. The smallest absolute Gasteiger partial charge is 0.324 e. The van der Waals surface area contributed by atoms with E-state index in [1.54, 1.807) is 11.6 Å². The maximum Gasteiger partial charge on any atom is 0.324 e. The van der Waals surface area contributed by atoms with E-state index in [0.717, 1.165) is 47.5 Å². The number of para-hydroxylation sites is 1. The molecule has 0 bridgehead atoms. The first-order valence-electron chi connectivity index (χ1n) is 14.3. The van der Waals surface area contributed by atoms with Crippen molar-refractivity contribution in [2.75, 3.05) is 23.7 Å². The molecule has 1 fully saturated rings. The second-order valence-corrected chi connectivity index (χ2v) is 12.0. The second kappa shape index (κ2) is 12.6. The van der Waals surface area contributed by atoms with Crippen LogP contribution in [-0.2, 0) is 21.4 Å². The van der Waals surface area contributed by atoms with Crippen molar-refractivity contribution in [1.82, 2.24) is 20.0 Å². The fraction of sp³-hybridized carbons (Fsp3) is 0.438. The van der Waals surface area contributed by atoms with Gasteiger partial charge in [-0.1, -0.05) is 56.7 Å². The molecular weight excluding hydrogens is 516 g/mol. The molecule has 3 N–H and O–H groups in total. The summed E-state index contributed by atoms with van der Waals surface area (Å²) in [5.74, 6) is 0.734. The van der Waals surface area contributed by atoms with Gasteiger partial charge in [0.25, 0.3) is 0 Å². The minimum absolute atomic E-state index is 0.0446. The number of carbonyl (C=O) groups is 3. The predicted molar refractivity (Wildman–Crippen MR) is 162 cm³/mol. The number of nitrogens with one attached hydrogen (secondary N) is 3. The van der Waals surface area contributed by atoms with Gasteiger partial charge in [0, 0.05) is 37.2 Å². The molecule has 4 rings (SSSR count). The van der Waals surface area contributed by atoms with Crippen LogP contribution in [0.5, 0.6) is 0 Å². The average Bonchev–Trinajstić information content (AvgIpc) is 3.34. The van der Waals surface area contributed by atoms with Crippen molar-refractivity contribution >= 4 is 29.4 Å². The molecule has 2 aromatic carbocycles. The number of hydrogen-bond donors (Lipinski definition) is 3. The summed E-state index contributed by atoms with van der Waals surface area (Å²) in [6, 6.07) is 17.0. The number of aryl methyl sites for hydroxylation is 1. The first-order chi connectivity index (χ1) is 19.4. The van der Waals surface area contributed by atoms with Crippen molar-refractivity contribution in [3.05, 3.63) is 71.4 Å². The molecule has 1 saturated heterocycles. The van der Waals surface area contributed by atoms with Gasteiger partial charge in [-0.3, -0.25) is 14.9 Å². The van der Waals surface area contributed by atoms with Gasteiger partial charge in [0.2, 0.25) is 11.8 Å². The lowest BCUT2D eigenvalue weighted by Gasteiger charge is -2.34. The Morgan fingerprint density at radius 3 is 2.29 bits per heavy atom. The molecule has 1 aromatic heterocycles. The molecule has 0 aliphatic carbocycles. The minimum atomic E-state index is -0.519. The number of piperidine rings is 1. The van der Waals surface area contributed by atoms with Crippen LogP contribution in [-0.4, -0.2) is 51.7 Å². The predicted octanol–water partition coefficient (Wildman–Crippen LogP) is 5.43. The van der Waals surface area contributed by atoms with Crippen LogP contribution in [0.25, 0.3) is 5.69 Å². The lowest BCUT2D eigenvalue weighted by molar-refractivity contribution is -0.136. The number of likely N-dealkylation sites (tertiary alicyclic amines) is 1. The Morgan fingerprint density at radius 2 is 1.66 bits per heavy atom. The monoisotopic (exact) mass is 558 g/mol. The quantitative estimate of drug-likeness (QED) is 0.359. The molecule has 218 valence electrons. The molecule has 2 heterocycles. The van der Waals surface area contributed by atoms with Crippen molar-refractivity contribution in [2.24, 2.45) is 5.92 Å². The van der Waals surface area contributed by atoms with Gasteiger partial charge in [0.1, 0.15) is 11.9 Å². The number of anilines is 2. The van der Waals surface area contributed by atoms with E-state index in [0.29, 0.717) is 24.8 Å². The van der Waals surface area contributed by atoms with Crippen molar-refractivity contribution < 1.29 is 14.4 Å². The molecule has 9 heteroatoms. The molecule has 0 spiro atoms. The van der Waals surface area contributed by atoms with E-state index in [4.69, 9.17) is 5.10 Å². The number of aromatic nitrogens is 2. The summed E-state index contributed by atoms with van der Waals surface area (Å²) in [6.07, 6.45) is 2.53. The summed E-state index contributed by atoms with van der Waals surface area (Å²) in [5, 5.41) is 13.5. The molecule has 4 amide bonds.